The lowest BCUT2D eigenvalue weighted by atomic mass is 10.2. The molecular weight excluding hydrogens is 302 g/mol. The first kappa shape index (κ1) is 16.7. The van der Waals surface area contributed by atoms with Crippen LogP contribution >= 0.6 is 0 Å². The van der Waals surface area contributed by atoms with Gasteiger partial charge in [-0.1, -0.05) is 6.07 Å². The number of rotatable bonds is 6. The van der Waals surface area contributed by atoms with Crippen LogP contribution in [-0.2, 0) is 4.79 Å². The van der Waals surface area contributed by atoms with Gasteiger partial charge < -0.3 is 14.4 Å². The van der Waals surface area contributed by atoms with Gasteiger partial charge in [-0.25, -0.2) is 10.6 Å². The number of hydrazone groups is 1. The predicted molar refractivity (Wildman–Crippen MR) is 81.5 cm³/mol. The second-order valence-electron chi connectivity index (χ2n) is 4.80. The highest BCUT2D eigenvalue weighted by molar-refractivity contribution is 5.96. The second-order valence-corrected chi connectivity index (χ2v) is 4.80. The van der Waals surface area contributed by atoms with Crippen LogP contribution in [0.3, 0.4) is 0 Å². The molecule has 0 spiro atoms. The number of nitrogens with zero attached hydrogens (tertiary/aromatic N) is 1. The summed E-state index contributed by atoms with van der Waals surface area (Å²) in [7, 11) is 0. The van der Waals surface area contributed by atoms with Crippen LogP contribution in [0.5, 0.6) is 5.75 Å². The number of furan rings is 1. The third-order valence-corrected chi connectivity index (χ3v) is 2.95. The van der Waals surface area contributed by atoms with Crippen molar-refractivity contribution in [2.45, 2.75) is 13.8 Å². The molecule has 1 aromatic heterocycles. The molecule has 3 N–H and O–H groups in total. The fraction of sp³-hybridized carbons (Fsp3) is 0.200. The molecule has 0 aliphatic rings. The number of benzene rings is 1. The molecule has 23 heavy (non-hydrogen) atoms. The molecule has 0 aliphatic heterocycles. The molecule has 0 aliphatic carbocycles. The predicted octanol–water partition coefficient (Wildman–Crippen LogP) is 0.911. The maximum atomic E-state index is 11.7. The number of amides is 1. The molecule has 0 radical (unpaired) electrons. The number of quaternary nitrogens is 1. The highest BCUT2D eigenvalue weighted by atomic mass is 16.8. The van der Waals surface area contributed by atoms with E-state index in [-0.39, 0.29) is 18.0 Å². The van der Waals surface area contributed by atoms with Crippen LogP contribution in [0, 0.1) is 12.1 Å². The van der Waals surface area contributed by atoms with E-state index in [0.717, 1.165) is 5.56 Å². The van der Waals surface area contributed by atoms with Crippen molar-refractivity contribution in [1.29, 1.82) is 0 Å². The first-order valence-corrected chi connectivity index (χ1v) is 6.81. The summed E-state index contributed by atoms with van der Waals surface area (Å²) >= 11 is 0. The van der Waals surface area contributed by atoms with E-state index in [1.165, 1.54) is 18.4 Å². The Labute approximate surface area is 132 Å². The molecule has 2 aromatic rings. The summed E-state index contributed by atoms with van der Waals surface area (Å²) in [5, 5.41) is 23.0. The van der Waals surface area contributed by atoms with Crippen LogP contribution in [0.2, 0.25) is 0 Å². The number of nitrogens with one attached hydrogen (secondary N) is 2. The molecule has 0 saturated carbocycles. The Morgan fingerprint density at radius 3 is 2.91 bits per heavy atom. The summed E-state index contributed by atoms with van der Waals surface area (Å²) in [5.74, 6) is 0.163. The second kappa shape index (κ2) is 7.54. The van der Waals surface area contributed by atoms with Crippen molar-refractivity contribution in [2.24, 2.45) is 5.10 Å². The van der Waals surface area contributed by atoms with E-state index in [2.05, 4.69) is 10.5 Å². The summed E-state index contributed by atoms with van der Waals surface area (Å²) in [5.41, 5.74) is 3.62. The Morgan fingerprint density at radius 1 is 1.48 bits per heavy atom. The molecule has 8 nitrogen and oxygen atoms in total. The largest absolute Gasteiger partial charge is 0.595 e. The molecule has 1 unspecified atom stereocenters. The summed E-state index contributed by atoms with van der Waals surface area (Å²) in [6.07, 6.45) is 1.50. The van der Waals surface area contributed by atoms with E-state index >= 15 is 0 Å². The van der Waals surface area contributed by atoms with E-state index in [9.17, 15) is 10.0 Å². The van der Waals surface area contributed by atoms with Gasteiger partial charge in [-0.3, -0.25) is 4.79 Å². The Hall–Kier alpha value is -2.68. The number of aryl methyl sites for hydroxylation is 1. The zero-order valence-electron chi connectivity index (χ0n) is 12.7. The minimum Gasteiger partial charge on any atom is -0.595 e. The van der Waals surface area contributed by atoms with E-state index in [1.807, 2.05) is 0 Å². The number of carbonyl (C=O) groups is 1. The van der Waals surface area contributed by atoms with Crippen molar-refractivity contribution >= 4 is 17.3 Å². The smallest absolute Gasteiger partial charge is 0.277 e. The van der Waals surface area contributed by atoms with Crippen molar-refractivity contribution in [3.63, 3.8) is 0 Å². The van der Waals surface area contributed by atoms with Crippen LogP contribution in [0.25, 0.3) is 0 Å². The zero-order valence-corrected chi connectivity index (χ0v) is 12.7. The highest BCUT2D eigenvalue weighted by Gasteiger charge is 2.12. The summed E-state index contributed by atoms with van der Waals surface area (Å²) in [4.78, 5) is 11.7. The fourth-order valence-electron chi connectivity index (χ4n) is 1.80. The molecule has 1 amide bonds. The fourth-order valence-corrected chi connectivity index (χ4v) is 1.80. The topological polar surface area (TPSA) is 112 Å². The summed E-state index contributed by atoms with van der Waals surface area (Å²) in [6.45, 7) is 3.11. The standard InChI is InChI=1S/C15H17N3O5/c1-10-5-6-14(12(8-10)18(20)21)23-9-15(19)17-16-11(2)13-4-3-7-22-13/h3-8,18,20H,9H2,1-2H3,(H,17,19)/b16-11+. The van der Waals surface area contributed by atoms with Gasteiger partial charge in [0, 0.05) is 6.07 Å². The number of carbonyl (C=O) groups excluding carboxylic acids is 1. The Bertz CT molecular complexity index is 695. The van der Waals surface area contributed by atoms with Crippen LogP contribution < -0.4 is 15.4 Å². The average Bonchev–Trinajstić information content (AvgIpc) is 3.05. The first-order chi connectivity index (χ1) is 11.0. The van der Waals surface area contributed by atoms with Crippen molar-refractivity contribution in [1.82, 2.24) is 5.43 Å². The van der Waals surface area contributed by atoms with Crippen LogP contribution in [0.1, 0.15) is 18.2 Å². The van der Waals surface area contributed by atoms with Gasteiger partial charge in [-0.15, -0.1) is 0 Å². The Morgan fingerprint density at radius 2 is 2.26 bits per heavy atom. The molecule has 0 saturated heterocycles. The van der Waals surface area contributed by atoms with Crippen LogP contribution in [0.15, 0.2) is 46.1 Å². The van der Waals surface area contributed by atoms with Crippen molar-refractivity contribution < 1.29 is 24.4 Å². The van der Waals surface area contributed by atoms with Gasteiger partial charge in [-0.05, 0) is 37.6 Å². The van der Waals surface area contributed by atoms with Gasteiger partial charge in [0.2, 0.25) is 5.69 Å². The number of hydrogen-bond acceptors (Lipinski definition) is 6. The number of hydrogen-bond donors (Lipinski definition) is 3. The van der Waals surface area contributed by atoms with Crippen molar-refractivity contribution in [3.8, 4) is 5.75 Å². The van der Waals surface area contributed by atoms with E-state index < -0.39 is 11.1 Å². The molecule has 1 heterocycles. The van der Waals surface area contributed by atoms with E-state index in [0.29, 0.717) is 11.5 Å². The van der Waals surface area contributed by atoms with Gasteiger partial charge >= 0.3 is 0 Å². The average molecular weight is 319 g/mol. The lowest BCUT2D eigenvalue weighted by Crippen LogP contribution is -2.99. The molecule has 1 atom stereocenters. The SMILES string of the molecule is C/C(=N\NC(=O)COc1ccc(C)cc1[NH+]([O-])O)c1ccco1. The Balaban J connectivity index is 1.93. The van der Waals surface area contributed by atoms with E-state index in [1.54, 1.807) is 32.0 Å². The van der Waals surface area contributed by atoms with Crippen LogP contribution in [-0.4, -0.2) is 23.4 Å². The Kier molecular flexibility index (Phi) is 5.47. The molecular formula is C15H17N3O5. The highest BCUT2D eigenvalue weighted by Crippen LogP contribution is 2.21. The minimum atomic E-state index is -1.12. The van der Waals surface area contributed by atoms with Crippen molar-refractivity contribution in [3.05, 3.63) is 53.1 Å². The van der Waals surface area contributed by atoms with Gasteiger partial charge in [0.15, 0.2) is 12.4 Å². The number of ether oxygens (including phenoxy) is 1. The summed E-state index contributed by atoms with van der Waals surface area (Å²) < 4.78 is 10.4. The molecule has 8 heteroatoms. The normalized spacial score (nSPS) is 12.8. The molecule has 0 fully saturated rings. The molecule has 0 bridgehead atoms. The zero-order chi connectivity index (χ0) is 16.8. The molecule has 1 aromatic carbocycles. The first-order valence-electron chi connectivity index (χ1n) is 6.81. The lowest BCUT2D eigenvalue weighted by Gasteiger charge is -2.16. The van der Waals surface area contributed by atoms with Gasteiger partial charge in [0.1, 0.15) is 11.5 Å². The van der Waals surface area contributed by atoms with Crippen molar-refractivity contribution in [2.75, 3.05) is 6.61 Å². The van der Waals surface area contributed by atoms with Crippen LogP contribution in [0.4, 0.5) is 5.69 Å². The maximum Gasteiger partial charge on any atom is 0.277 e. The quantitative estimate of drug-likeness (QED) is 0.541. The van der Waals surface area contributed by atoms with Gasteiger partial charge in [-0.2, -0.15) is 10.3 Å². The van der Waals surface area contributed by atoms with Gasteiger partial charge in [0.25, 0.3) is 5.91 Å². The molecule has 2 rings (SSSR count). The van der Waals surface area contributed by atoms with E-state index in [4.69, 9.17) is 14.4 Å². The van der Waals surface area contributed by atoms with Gasteiger partial charge in [0.05, 0.1) is 6.26 Å². The third-order valence-electron chi connectivity index (χ3n) is 2.95. The maximum absolute atomic E-state index is 11.7. The molecule has 122 valence electrons. The lowest BCUT2D eigenvalue weighted by molar-refractivity contribution is -0.991. The summed E-state index contributed by atoms with van der Waals surface area (Å²) in [6, 6.07) is 8.13. The third kappa shape index (κ3) is 4.65. The monoisotopic (exact) mass is 319 g/mol. The minimum absolute atomic E-state index is 0.00747.